The van der Waals surface area contributed by atoms with Gasteiger partial charge < -0.3 is 14.6 Å². The standard InChI is InChI=1S/C16H26O5/c1-3-16(13(17)18,14(19)20-4-2)12-7-10-21-15(11-12)8-5-6-9-15/h12H,3-11H2,1-2H3,(H,17,18). The van der Waals surface area contributed by atoms with Gasteiger partial charge in [0.2, 0.25) is 0 Å². The van der Waals surface area contributed by atoms with Crippen molar-refractivity contribution in [3.05, 3.63) is 0 Å². The van der Waals surface area contributed by atoms with Gasteiger partial charge in [-0.2, -0.15) is 0 Å². The van der Waals surface area contributed by atoms with E-state index >= 15 is 0 Å². The lowest BCUT2D eigenvalue weighted by atomic mass is 9.66. The first-order valence-electron chi connectivity index (χ1n) is 8.05. The first-order chi connectivity index (χ1) is 10.0. The van der Waals surface area contributed by atoms with E-state index in [0.29, 0.717) is 19.4 Å². The Morgan fingerprint density at radius 1 is 1.33 bits per heavy atom. The van der Waals surface area contributed by atoms with Crippen molar-refractivity contribution in [1.29, 1.82) is 0 Å². The number of aliphatic carboxylic acids is 1. The second-order valence-electron chi connectivity index (χ2n) is 6.28. The van der Waals surface area contributed by atoms with E-state index < -0.39 is 17.4 Å². The van der Waals surface area contributed by atoms with Crippen molar-refractivity contribution >= 4 is 11.9 Å². The van der Waals surface area contributed by atoms with Crippen molar-refractivity contribution < 1.29 is 24.2 Å². The zero-order chi connectivity index (χ0) is 15.5. The molecule has 120 valence electrons. The van der Waals surface area contributed by atoms with Crippen LogP contribution in [0.3, 0.4) is 0 Å². The summed E-state index contributed by atoms with van der Waals surface area (Å²) in [7, 11) is 0. The van der Waals surface area contributed by atoms with Gasteiger partial charge in [-0.05, 0) is 44.9 Å². The SMILES string of the molecule is CCOC(=O)C(CC)(C(=O)O)C1CCOC2(CCCC2)C1. The molecule has 0 aromatic rings. The molecule has 2 rings (SSSR count). The quantitative estimate of drug-likeness (QED) is 0.624. The molecule has 1 aliphatic heterocycles. The van der Waals surface area contributed by atoms with Gasteiger partial charge in [0, 0.05) is 6.61 Å². The van der Waals surface area contributed by atoms with Crippen LogP contribution in [0.1, 0.15) is 58.8 Å². The molecule has 2 unspecified atom stereocenters. The zero-order valence-electron chi connectivity index (χ0n) is 13.0. The summed E-state index contributed by atoms with van der Waals surface area (Å²) >= 11 is 0. The lowest BCUT2D eigenvalue weighted by molar-refractivity contribution is -0.183. The molecule has 2 fully saturated rings. The molecule has 0 bridgehead atoms. The van der Waals surface area contributed by atoms with E-state index in [0.717, 1.165) is 25.7 Å². The van der Waals surface area contributed by atoms with E-state index in [-0.39, 0.29) is 24.5 Å². The minimum Gasteiger partial charge on any atom is -0.480 e. The van der Waals surface area contributed by atoms with Crippen molar-refractivity contribution in [2.75, 3.05) is 13.2 Å². The van der Waals surface area contributed by atoms with Crippen LogP contribution < -0.4 is 0 Å². The van der Waals surface area contributed by atoms with Crippen LogP contribution in [-0.2, 0) is 19.1 Å². The van der Waals surface area contributed by atoms with Crippen LogP contribution >= 0.6 is 0 Å². The van der Waals surface area contributed by atoms with Crippen LogP contribution in [0.4, 0.5) is 0 Å². The molecule has 2 aliphatic rings. The molecule has 0 amide bonds. The number of ether oxygens (including phenoxy) is 2. The average molecular weight is 298 g/mol. The fourth-order valence-corrected chi connectivity index (χ4v) is 4.09. The Kier molecular flexibility index (Phi) is 4.91. The van der Waals surface area contributed by atoms with Gasteiger partial charge in [0.15, 0.2) is 5.41 Å². The maximum absolute atomic E-state index is 12.4. The number of hydrogen-bond acceptors (Lipinski definition) is 4. The van der Waals surface area contributed by atoms with Gasteiger partial charge in [-0.15, -0.1) is 0 Å². The second kappa shape index (κ2) is 6.34. The van der Waals surface area contributed by atoms with E-state index in [1.54, 1.807) is 13.8 Å². The lowest BCUT2D eigenvalue weighted by Crippen LogP contribution is -2.51. The Balaban J connectivity index is 2.27. The van der Waals surface area contributed by atoms with Crippen molar-refractivity contribution in [3.63, 3.8) is 0 Å². The van der Waals surface area contributed by atoms with Crippen LogP contribution in [0.2, 0.25) is 0 Å². The second-order valence-corrected chi connectivity index (χ2v) is 6.28. The first kappa shape index (κ1) is 16.3. The van der Waals surface area contributed by atoms with E-state index in [4.69, 9.17) is 9.47 Å². The van der Waals surface area contributed by atoms with Gasteiger partial charge in [-0.1, -0.05) is 19.8 Å². The van der Waals surface area contributed by atoms with E-state index in [1.807, 2.05) is 0 Å². The van der Waals surface area contributed by atoms with Gasteiger partial charge >= 0.3 is 11.9 Å². The van der Waals surface area contributed by atoms with Gasteiger partial charge in [0.1, 0.15) is 0 Å². The molecule has 1 spiro atoms. The highest BCUT2D eigenvalue weighted by molar-refractivity contribution is 5.99. The molecule has 5 heteroatoms. The van der Waals surface area contributed by atoms with Crippen LogP contribution in [0.15, 0.2) is 0 Å². The van der Waals surface area contributed by atoms with Crippen LogP contribution in [0, 0.1) is 11.3 Å². The predicted molar refractivity (Wildman–Crippen MR) is 76.9 cm³/mol. The van der Waals surface area contributed by atoms with Crippen LogP contribution in [-0.4, -0.2) is 35.9 Å². The number of carbonyl (C=O) groups is 2. The van der Waals surface area contributed by atoms with Gasteiger partial charge in [-0.25, -0.2) is 0 Å². The summed E-state index contributed by atoms with van der Waals surface area (Å²) in [5.74, 6) is -1.84. The minimum absolute atomic E-state index is 0.203. The Morgan fingerprint density at radius 2 is 2.00 bits per heavy atom. The number of esters is 1. The number of carboxylic acids is 1. The summed E-state index contributed by atoms with van der Waals surface area (Å²) in [6, 6.07) is 0. The third-order valence-corrected chi connectivity index (χ3v) is 5.28. The van der Waals surface area contributed by atoms with Crippen LogP contribution in [0.5, 0.6) is 0 Å². The maximum atomic E-state index is 12.4. The highest BCUT2D eigenvalue weighted by Gasteiger charge is 2.56. The molecule has 5 nitrogen and oxygen atoms in total. The highest BCUT2D eigenvalue weighted by atomic mass is 16.5. The fraction of sp³-hybridized carbons (Fsp3) is 0.875. The molecule has 1 heterocycles. The zero-order valence-corrected chi connectivity index (χ0v) is 13.0. The highest BCUT2D eigenvalue weighted by Crippen LogP contribution is 2.49. The molecule has 0 aromatic heterocycles. The normalized spacial score (nSPS) is 27.2. The Bertz CT molecular complexity index is 399. The number of rotatable bonds is 5. The topological polar surface area (TPSA) is 72.8 Å². The van der Waals surface area contributed by atoms with Crippen LogP contribution in [0.25, 0.3) is 0 Å². The molecule has 1 aliphatic carbocycles. The number of carboxylic acid groups (broad SMARTS) is 1. The molecule has 0 radical (unpaired) electrons. The molecule has 2 atom stereocenters. The van der Waals surface area contributed by atoms with E-state index in [2.05, 4.69) is 0 Å². The summed E-state index contributed by atoms with van der Waals surface area (Å²) in [5, 5.41) is 9.76. The van der Waals surface area contributed by atoms with E-state index in [9.17, 15) is 14.7 Å². The van der Waals surface area contributed by atoms with Crippen molar-refractivity contribution in [2.45, 2.75) is 64.4 Å². The van der Waals surface area contributed by atoms with Crippen molar-refractivity contribution in [3.8, 4) is 0 Å². The largest absolute Gasteiger partial charge is 0.480 e. The Morgan fingerprint density at radius 3 is 2.52 bits per heavy atom. The number of carbonyl (C=O) groups excluding carboxylic acids is 1. The van der Waals surface area contributed by atoms with Gasteiger partial charge in [0.05, 0.1) is 12.2 Å². The Labute approximate surface area is 126 Å². The summed E-state index contributed by atoms with van der Waals surface area (Å²) in [5.41, 5.74) is -1.62. The number of hydrogen-bond donors (Lipinski definition) is 1. The third-order valence-electron chi connectivity index (χ3n) is 5.28. The van der Waals surface area contributed by atoms with Gasteiger partial charge in [-0.3, -0.25) is 9.59 Å². The van der Waals surface area contributed by atoms with Gasteiger partial charge in [0.25, 0.3) is 0 Å². The summed E-state index contributed by atoms with van der Waals surface area (Å²) in [6.45, 7) is 4.23. The monoisotopic (exact) mass is 298 g/mol. The third kappa shape index (κ3) is 2.80. The molecule has 0 aromatic carbocycles. The molecule has 1 saturated carbocycles. The van der Waals surface area contributed by atoms with Crippen molar-refractivity contribution in [2.24, 2.45) is 11.3 Å². The molecule has 1 saturated heterocycles. The molecule has 1 N–H and O–H groups in total. The molecule has 21 heavy (non-hydrogen) atoms. The van der Waals surface area contributed by atoms with E-state index in [1.165, 1.54) is 0 Å². The summed E-state index contributed by atoms with van der Waals surface area (Å²) in [4.78, 5) is 24.3. The van der Waals surface area contributed by atoms with Crippen molar-refractivity contribution in [1.82, 2.24) is 0 Å². The minimum atomic E-state index is -1.42. The molecular weight excluding hydrogens is 272 g/mol. The average Bonchev–Trinajstić information content (AvgIpc) is 2.88. The fourth-order valence-electron chi connectivity index (χ4n) is 4.09. The Hall–Kier alpha value is -1.10. The molecular formula is C16H26O5. The predicted octanol–water partition coefficient (Wildman–Crippen LogP) is 2.77. The maximum Gasteiger partial charge on any atom is 0.323 e. The lowest BCUT2D eigenvalue weighted by Gasteiger charge is -2.44. The summed E-state index contributed by atoms with van der Waals surface area (Å²) in [6.07, 6.45) is 5.74. The summed E-state index contributed by atoms with van der Waals surface area (Å²) < 4.78 is 11.1. The first-order valence-corrected chi connectivity index (χ1v) is 8.05. The smallest absolute Gasteiger partial charge is 0.323 e.